The molecule has 1 aromatic carbocycles. The van der Waals surface area contributed by atoms with Crippen molar-refractivity contribution in [2.24, 2.45) is 5.92 Å². The van der Waals surface area contributed by atoms with Crippen LogP contribution in [0.15, 0.2) is 24.3 Å². The van der Waals surface area contributed by atoms with Crippen molar-refractivity contribution in [3.8, 4) is 0 Å². The molecule has 0 heterocycles. The summed E-state index contributed by atoms with van der Waals surface area (Å²) < 4.78 is 5.19. The summed E-state index contributed by atoms with van der Waals surface area (Å²) in [6, 6.07) is 7.49. The van der Waals surface area contributed by atoms with Crippen LogP contribution in [0.25, 0.3) is 0 Å². The minimum absolute atomic E-state index is 0.0866. The second kappa shape index (κ2) is 6.81. The number of carbonyl (C=O) groups excluding carboxylic acids is 2. The largest absolute Gasteiger partial charge is 0.444 e. The Morgan fingerprint density at radius 1 is 1.27 bits per heavy atom. The maximum absolute atomic E-state index is 11.9. The lowest BCUT2D eigenvalue weighted by Gasteiger charge is -2.24. The molecule has 120 valence electrons. The molecular weight excluding hydrogens is 280 g/mol. The summed E-state index contributed by atoms with van der Waals surface area (Å²) in [7, 11) is 0. The lowest BCUT2D eigenvalue weighted by atomic mass is 9.85. The first-order valence-corrected chi connectivity index (χ1v) is 7.70. The molecule has 22 heavy (non-hydrogen) atoms. The highest BCUT2D eigenvalue weighted by molar-refractivity contribution is 5.93. The van der Waals surface area contributed by atoms with Crippen LogP contribution in [-0.2, 0) is 16.1 Å². The van der Waals surface area contributed by atoms with Crippen molar-refractivity contribution in [1.82, 2.24) is 5.32 Å². The summed E-state index contributed by atoms with van der Waals surface area (Å²) in [6.07, 6.45) is 2.64. The van der Waals surface area contributed by atoms with Crippen LogP contribution in [0.4, 0.5) is 10.5 Å². The predicted molar refractivity (Wildman–Crippen MR) is 85.5 cm³/mol. The molecule has 0 spiro atoms. The summed E-state index contributed by atoms with van der Waals surface area (Å²) >= 11 is 0. The van der Waals surface area contributed by atoms with Gasteiger partial charge in [0.05, 0.1) is 0 Å². The van der Waals surface area contributed by atoms with Crippen LogP contribution >= 0.6 is 0 Å². The summed E-state index contributed by atoms with van der Waals surface area (Å²) in [5.41, 5.74) is 1.17. The molecule has 1 aromatic rings. The maximum Gasteiger partial charge on any atom is 0.407 e. The Morgan fingerprint density at radius 2 is 2.00 bits per heavy atom. The number of ether oxygens (including phenoxy) is 1. The third-order valence-electron chi connectivity index (χ3n) is 3.51. The summed E-state index contributed by atoms with van der Waals surface area (Å²) in [5, 5.41) is 5.63. The van der Waals surface area contributed by atoms with E-state index in [0.717, 1.165) is 30.5 Å². The topological polar surface area (TPSA) is 67.4 Å². The molecule has 0 saturated heterocycles. The van der Waals surface area contributed by atoms with Crippen LogP contribution in [0, 0.1) is 5.92 Å². The Balaban J connectivity index is 1.85. The molecule has 1 fully saturated rings. The Kier molecular flexibility index (Phi) is 5.06. The lowest BCUT2D eigenvalue weighted by molar-refractivity contribution is -0.122. The zero-order valence-electron chi connectivity index (χ0n) is 13.4. The zero-order valence-corrected chi connectivity index (χ0v) is 13.4. The SMILES string of the molecule is CC(C)(C)OC(=O)NCc1cccc(NC(=O)C2CCC2)c1. The fourth-order valence-corrected chi connectivity index (χ4v) is 2.16. The third kappa shape index (κ3) is 5.06. The summed E-state index contributed by atoms with van der Waals surface area (Å²) in [5.74, 6) is 0.243. The number of alkyl carbamates (subject to hydrolysis) is 1. The Morgan fingerprint density at radius 3 is 2.59 bits per heavy atom. The van der Waals surface area contributed by atoms with E-state index in [1.54, 1.807) is 0 Å². The number of anilines is 1. The average molecular weight is 304 g/mol. The molecule has 0 radical (unpaired) electrons. The van der Waals surface area contributed by atoms with E-state index in [9.17, 15) is 9.59 Å². The minimum atomic E-state index is -0.511. The molecule has 0 atom stereocenters. The minimum Gasteiger partial charge on any atom is -0.444 e. The number of rotatable bonds is 4. The van der Waals surface area contributed by atoms with Crippen LogP contribution in [0.1, 0.15) is 45.6 Å². The van der Waals surface area contributed by atoms with Crippen molar-refractivity contribution in [2.45, 2.75) is 52.2 Å². The first-order chi connectivity index (χ1) is 10.3. The number of benzene rings is 1. The van der Waals surface area contributed by atoms with Gasteiger partial charge in [0.2, 0.25) is 5.91 Å². The monoisotopic (exact) mass is 304 g/mol. The van der Waals surface area contributed by atoms with E-state index >= 15 is 0 Å². The molecule has 1 aliphatic carbocycles. The Bertz CT molecular complexity index is 545. The molecule has 2 amide bonds. The van der Waals surface area contributed by atoms with Crippen molar-refractivity contribution in [3.05, 3.63) is 29.8 Å². The van der Waals surface area contributed by atoms with E-state index in [4.69, 9.17) is 4.74 Å². The Labute approximate surface area is 131 Å². The normalized spacial score (nSPS) is 14.9. The maximum atomic E-state index is 11.9. The van der Waals surface area contributed by atoms with Gasteiger partial charge in [-0.05, 0) is 51.3 Å². The van der Waals surface area contributed by atoms with Gasteiger partial charge in [-0.2, -0.15) is 0 Å². The van der Waals surface area contributed by atoms with Crippen molar-refractivity contribution in [2.75, 3.05) is 5.32 Å². The van der Waals surface area contributed by atoms with Gasteiger partial charge in [0.1, 0.15) is 5.60 Å². The molecular formula is C17H24N2O3. The van der Waals surface area contributed by atoms with Crippen LogP contribution in [0.5, 0.6) is 0 Å². The fraction of sp³-hybridized carbons (Fsp3) is 0.529. The number of hydrogen-bond donors (Lipinski definition) is 2. The average Bonchev–Trinajstić information content (AvgIpc) is 2.32. The van der Waals surface area contributed by atoms with E-state index in [0.29, 0.717) is 6.54 Å². The van der Waals surface area contributed by atoms with E-state index in [1.165, 1.54) is 0 Å². The summed E-state index contributed by atoms with van der Waals surface area (Å²) in [6.45, 7) is 5.83. The molecule has 5 nitrogen and oxygen atoms in total. The molecule has 0 unspecified atom stereocenters. The first-order valence-electron chi connectivity index (χ1n) is 7.70. The predicted octanol–water partition coefficient (Wildman–Crippen LogP) is 3.45. The molecule has 0 bridgehead atoms. The van der Waals surface area contributed by atoms with E-state index in [2.05, 4.69) is 10.6 Å². The molecule has 1 saturated carbocycles. The van der Waals surface area contributed by atoms with Gasteiger partial charge in [-0.25, -0.2) is 4.79 Å². The highest BCUT2D eigenvalue weighted by Crippen LogP contribution is 2.27. The van der Waals surface area contributed by atoms with Gasteiger partial charge in [0.25, 0.3) is 0 Å². The van der Waals surface area contributed by atoms with Gasteiger partial charge in [0.15, 0.2) is 0 Å². The van der Waals surface area contributed by atoms with Gasteiger partial charge in [0, 0.05) is 18.2 Å². The summed E-state index contributed by atoms with van der Waals surface area (Å²) in [4.78, 5) is 23.6. The fourth-order valence-electron chi connectivity index (χ4n) is 2.16. The van der Waals surface area contributed by atoms with Gasteiger partial charge in [-0.15, -0.1) is 0 Å². The lowest BCUT2D eigenvalue weighted by Crippen LogP contribution is -2.32. The van der Waals surface area contributed by atoms with E-state index in [-0.39, 0.29) is 11.8 Å². The molecule has 0 aromatic heterocycles. The number of nitrogens with one attached hydrogen (secondary N) is 2. The van der Waals surface area contributed by atoms with Crippen molar-refractivity contribution in [3.63, 3.8) is 0 Å². The number of carbonyl (C=O) groups is 2. The molecule has 2 N–H and O–H groups in total. The quantitative estimate of drug-likeness (QED) is 0.895. The molecule has 1 aliphatic rings. The number of amides is 2. The Hall–Kier alpha value is -2.04. The van der Waals surface area contributed by atoms with Crippen LogP contribution < -0.4 is 10.6 Å². The van der Waals surface area contributed by atoms with Gasteiger partial charge < -0.3 is 15.4 Å². The van der Waals surface area contributed by atoms with Crippen LogP contribution in [0.3, 0.4) is 0 Å². The molecule has 5 heteroatoms. The van der Waals surface area contributed by atoms with Crippen LogP contribution in [0.2, 0.25) is 0 Å². The first kappa shape index (κ1) is 16.3. The van der Waals surface area contributed by atoms with Crippen molar-refractivity contribution < 1.29 is 14.3 Å². The van der Waals surface area contributed by atoms with Crippen molar-refractivity contribution in [1.29, 1.82) is 0 Å². The second-order valence-corrected chi connectivity index (χ2v) is 6.67. The number of hydrogen-bond acceptors (Lipinski definition) is 3. The van der Waals surface area contributed by atoms with E-state index < -0.39 is 11.7 Å². The third-order valence-corrected chi connectivity index (χ3v) is 3.51. The highest BCUT2D eigenvalue weighted by atomic mass is 16.6. The highest BCUT2D eigenvalue weighted by Gasteiger charge is 2.25. The zero-order chi connectivity index (χ0) is 16.2. The molecule has 2 rings (SSSR count). The smallest absolute Gasteiger partial charge is 0.407 e. The van der Waals surface area contributed by atoms with Crippen LogP contribution in [-0.4, -0.2) is 17.6 Å². The second-order valence-electron chi connectivity index (χ2n) is 6.67. The van der Waals surface area contributed by atoms with E-state index in [1.807, 2.05) is 45.0 Å². The van der Waals surface area contributed by atoms with Gasteiger partial charge in [-0.3, -0.25) is 4.79 Å². The van der Waals surface area contributed by atoms with Crippen molar-refractivity contribution >= 4 is 17.7 Å². The van der Waals surface area contributed by atoms with Gasteiger partial charge in [-0.1, -0.05) is 18.6 Å². The standard InChI is InChI=1S/C17H24N2O3/c1-17(2,3)22-16(21)18-11-12-6-4-9-14(10-12)19-15(20)13-7-5-8-13/h4,6,9-10,13H,5,7-8,11H2,1-3H3,(H,18,21)(H,19,20). The van der Waals surface area contributed by atoms with Gasteiger partial charge >= 0.3 is 6.09 Å². The molecule has 0 aliphatic heterocycles.